The van der Waals surface area contributed by atoms with Crippen LogP contribution in [0.2, 0.25) is 0 Å². The van der Waals surface area contributed by atoms with Gasteiger partial charge in [0.2, 0.25) is 0 Å². The molecule has 1 aliphatic carbocycles. The Morgan fingerprint density at radius 1 is 1.53 bits per heavy atom. The van der Waals surface area contributed by atoms with Crippen LogP contribution in [0.4, 0.5) is 5.69 Å². The van der Waals surface area contributed by atoms with Gasteiger partial charge in [0.05, 0.1) is 6.61 Å². The van der Waals surface area contributed by atoms with E-state index in [0.29, 0.717) is 17.6 Å². The van der Waals surface area contributed by atoms with Crippen molar-refractivity contribution < 1.29 is 5.11 Å². The molecule has 0 radical (unpaired) electrons. The van der Waals surface area contributed by atoms with Crippen LogP contribution in [0.3, 0.4) is 0 Å². The van der Waals surface area contributed by atoms with Gasteiger partial charge >= 0.3 is 0 Å². The number of aliphatic hydroxyl groups excluding tert-OH is 1. The van der Waals surface area contributed by atoms with Gasteiger partial charge in [-0.15, -0.1) is 11.8 Å². The van der Waals surface area contributed by atoms with Crippen LogP contribution in [0, 0.1) is 0 Å². The van der Waals surface area contributed by atoms with Crippen LogP contribution in [-0.2, 0) is 0 Å². The number of rotatable bonds is 7. The van der Waals surface area contributed by atoms with Crippen molar-refractivity contribution in [2.75, 3.05) is 23.8 Å². The zero-order valence-electron chi connectivity index (χ0n) is 11.1. The number of thiocarbonyl (C=S) groups is 1. The second-order valence-electron chi connectivity index (χ2n) is 4.60. The number of hydrogen-bond donors (Lipinski definition) is 2. The maximum atomic E-state index is 9.27. The first-order valence-corrected chi connectivity index (χ1v) is 8.01. The molecule has 0 atom stereocenters. The molecule has 0 aromatic heterocycles. The number of aliphatic hydroxyl groups is 1. The first kappa shape index (κ1) is 14.6. The minimum atomic E-state index is 0.151. The largest absolute Gasteiger partial charge is 0.395 e. The number of anilines is 1. The van der Waals surface area contributed by atoms with Gasteiger partial charge in [-0.2, -0.15) is 0 Å². The normalized spacial score (nSPS) is 14.4. The van der Waals surface area contributed by atoms with Gasteiger partial charge in [0.1, 0.15) is 4.99 Å². The van der Waals surface area contributed by atoms with Crippen molar-refractivity contribution >= 4 is 34.7 Å². The van der Waals surface area contributed by atoms with E-state index < -0.39 is 0 Å². The van der Waals surface area contributed by atoms with Crippen LogP contribution in [0.1, 0.15) is 25.3 Å². The molecular formula is C14H20N2OS2. The van der Waals surface area contributed by atoms with Gasteiger partial charge in [-0.25, -0.2) is 0 Å². The fourth-order valence-corrected chi connectivity index (χ4v) is 3.40. The lowest BCUT2D eigenvalue weighted by Gasteiger charge is -2.27. The van der Waals surface area contributed by atoms with Crippen molar-refractivity contribution in [3.05, 3.63) is 23.8 Å². The number of nitrogens with two attached hydrogens (primary N) is 1. The summed E-state index contributed by atoms with van der Waals surface area (Å²) in [6.45, 7) is 2.91. The lowest BCUT2D eigenvalue weighted by molar-refractivity contribution is 0.301. The Balaban J connectivity index is 2.41. The molecule has 0 heterocycles. The van der Waals surface area contributed by atoms with Gasteiger partial charge in [0.25, 0.3) is 0 Å². The van der Waals surface area contributed by atoms with Gasteiger partial charge in [-0.1, -0.05) is 25.2 Å². The van der Waals surface area contributed by atoms with Gasteiger partial charge in [0.15, 0.2) is 0 Å². The van der Waals surface area contributed by atoms with Crippen molar-refractivity contribution in [2.45, 2.75) is 30.7 Å². The molecule has 0 bridgehead atoms. The Bertz CT molecular complexity index is 461. The topological polar surface area (TPSA) is 49.5 Å². The third kappa shape index (κ3) is 3.41. The van der Waals surface area contributed by atoms with E-state index in [0.717, 1.165) is 21.9 Å². The van der Waals surface area contributed by atoms with Crippen LogP contribution in [0.5, 0.6) is 0 Å². The quantitative estimate of drug-likeness (QED) is 0.598. The maximum Gasteiger partial charge on any atom is 0.107 e. The third-order valence-corrected chi connectivity index (χ3v) is 4.33. The minimum Gasteiger partial charge on any atom is -0.395 e. The minimum absolute atomic E-state index is 0.151. The van der Waals surface area contributed by atoms with E-state index in [1.165, 1.54) is 12.8 Å². The van der Waals surface area contributed by atoms with Crippen molar-refractivity contribution in [1.82, 2.24) is 0 Å². The predicted octanol–water partition coefficient (Wildman–Crippen LogP) is 2.39. The average Bonchev–Trinajstić information content (AvgIpc) is 3.20. The second kappa shape index (κ2) is 6.59. The van der Waals surface area contributed by atoms with Crippen LogP contribution in [0.25, 0.3) is 0 Å². The summed E-state index contributed by atoms with van der Waals surface area (Å²) in [5.41, 5.74) is 7.96. The number of benzene rings is 1. The molecule has 3 nitrogen and oxygen atoms in total. The van der Waals surface area contributed by atoms with Gasteiger partial charge < -0.3 is 15.7 Å². The Morgan fingerprint density at radius 3 is 2.79 bits per heavy atom. The summed E-state index contributed by atoms with van der Waals surface area (Å²) < 4.78 is 0. The zero-order chi connectivity index (χ0) is 13.8. The standard InChI is InChI=1S/C14H20N2OS2/c1-2-19-12-5-3-4-11(13(12)14(15)18)16(8-9-17)10-6-7-10/h3-5,10,17H,2,6-9H2,1H3,(H2,15,18). The molecule has 1 saturated carbocycles. The first-order valence-electron chi connectivity index (χ1n) is 6.62. The second-order valence-corrected chi connectivity index (χ2v) is 6.34. The molecular weight excluding hydrogens is 276 g/mol. The maximum absolute atomic E-state index is 9.27. The van der Waals surface area contributed by atoms with Crippen molar-refractivity contribution in [1.29, 1.82) is 0 Å². The summed E-state index contributed by atoms with van der Waals surface area (Å²) >= 11 is 6.99. The van der Waals surface area contributed by atoms with E-state index in [-0.39, 0.29) is 6.61 Å². The summed E-state index contributed by atoms with van der Waals surface area (Å²) in [4.78, 5) is 3.82. The smallest absolute Gasteiger partial charge is 0.107 e. The summed E-state index contributed by atoms with van der Waals surface area (Å²) in [5, 5.41) is 9.27. The van der Waals surface area contributed by atoms with E-state index in [9.17, 15) is 5.11 Å². The van der Waals surface area contributed by atoms with E-state index in [1.807, 2.05) is 6.07 Å². The number of hydrogen-bond acceptors (Lipinski definition) is 4. The van der Waals surface area contributed by atoms with Crippen LogP contribution >= 0.6 is 24.0 Å². The molecule has 0 amide bonds. The van der Waals surface area contributed by atoms with Gasteiger partial charge in [0, 0.05) is 28.7 Å². The molecule has 104 valence electrons. The van der Waals surface area contributed by atoms with Crippen molar-refractivity contribution in [3.63, 3.8) is 0 Å². The van der Waals surface area contributed by atoms with Crippen LogP contribution < -0.4 is 10.6 Å². The Hall–Kier alpha value is -0.780. The molecule has 0 saturated heterocycles. The summed E-state index contributed by atoms with van der Waals surface area (Å²) in [5.74, 6) is 0.989. The van der Waals surface area contributed by atoms with Crippen molar-refractivity contribution in [3.8, 4) is 0 Å². The number of thioether (sulfide) groups is 1. The van der Waals surface area contributed by atoms with E-state index >= 15 is 0 Å². The number of nitrogens with zero attached hydrogens (tertiary/aromatic N) is 1. The van der Waals surface area contributed by atoms with Crippen LogP contribution in [0.15, 0.2) is 23.1 Å². The molecule has 1 fully saturated rings. The van der Waals surface area contributed by atoms with E-state index in [1.54, 1.807) is 11.8 Å². The molecule has 3 N–H and O–H groups in total. The lowest BCUT2D eigenvalue weighted by atomic mass is 10.1. The van der Waals surface area contributed by atoms with Gasteiger partial charge in [-0.05, 0) is 30.7 Å². The Kier molecular flexibility index (Phi) is 5.07. The Morgan fingerprint density at radius 2 is 2.26 bits per heavy atom. The zero-order valence-corrected chi connectivity index (χ0v) is 12.8. The Labute approximate surface area is 124 Å². The predicted molar refractivity (Wildman–Crippen MR) is 86.2 cm³/mol. The fourth-order valence-electron chi connectivity index (χ4n) is 2.28. The molecule has 1 aromatic rings. The fraction of sp³-hybridized carbons (Fsp3) is 0.500. The average molecular weight is 296 g/mol. The van der Waals surface area contributed by atoms with E-state index in [2.05, 4.69) is 24.0 Å². The summed E-state index contributed by atoms with van der Waals surface area (Å²) in [7, 11) is 0. The molecule has 1 aliphatic rings. The summed E-state index contributed by atoms with van der Waals surface area (Å²) in [6, 6.07) is 6.70. The molecule has 0 spiro atoms. The molecule has 19 heavy (non-hydrogen) atoms. The highest BCUT2D eigenvalue weighted by molar-refractivity contribution is 7.99. The molecule has 0 unspecified atom stereocenters. The van der Waals surface area contributed by atoms with Crippen LogP contribution in [-0.4, -0.2) is 35.0 Å². The first-order chi connectivity index (χ1) is 9.19. The molecule has 1 aromatic carbocycles. The van der Waals surface area contributed by atoms with Gasteiger partial charge in [-0.3, -0.25) is 0 Å². The molecule has 0 aliphatic heterocycles. The molecule has 5 heteroatoms. The summed E-state index contributed by atoms with van der Waals surface area (Å²) in [6.07, 6.45) is 2.36. The third-order valence-electron chi connectivity index (χ3n) is 3.19. The monoisotopic (exact) mass is 296 g/mol. The molecule has 2 rings (SSSR count). The lowest BCUT2D eigenvalue weighted by Crippen LogP contribution is -2.31. The van der Waals surface area contributed by atoms with Crippen molar-refractivity contribution in [2.24, 2.45) is 5.73 Å². The highest BCUT2D eigenvalue weighted by Gasteiger charge is 2.30. The SMILES string of the molecule is CCSc1cccc(N(CCO)C2CC2)c1C(N)=S. The highest BCUT2D eigenvalue weighted by atomic mass is 32.2. The van der Waals surface area contributed by atoms with E-state index in [4.69, 9.17) is 18.0 Å². The highest BCUT2D eigenvalue weighted by Crippen LogP contribution is 2.36.